The fraction of sp³-hybridized carbons (Fsp3) is 0.500. The number of likely N-dealkylation sites (N-methyl/N-ethyl adjacent to an activating group) is 2. The highest BCUT2D eigenvalue weighted by molar-refractivity contribution is 9.10. The highest BCUT2D eigenvalue weighted by Gasteiger charge is 2.21. The van der Waals surface area contributed by atoms with E-state index in [0.717, 1.165) is 16.6 Å². The predicted octanol–water partition coefficient (Wildman–Crippen LogP) is 1.86. The van der Waals surface area contributed by atoms with E-state index in [1.807, 2.05) is 25.1 Å². The maximum atomic E-state index is 11.9. The molecular formula is C14H22BrN3O. The van der Waals surface area contributed by atoms with Gasteiger partial charge in [-0.05, 0) is 24.2 Å². The van der Waals surface area contributed by atoms with E-state index in [2.05, 4.69) is 26.9 Å². The topological polar surface area (TPSA) is 49.6 Å². The van der Waals surface area contributed by atoms with E-state index >= 15 is 0 Å². The fourth-order valence-electron chi connectivity index (χ4n) is 1.97. The van der Waals surface area contributed by atoms with Crippen molar-refractivity contribution in [2.75, 3.05) is 33.7 Å². The van der Waals surface area contributed by atoms with Gasteiger partial charge in [0.1, 0.15) is 0 Å². The summed E-state index contributed by atoms with van der Waals surface area (Å²) < 4.78 is 1.03. The van der Waals surface area contributed by atoms with Crippen LogP contribution in [0.4, 0.5) is 0 Å². The lowest BCUT2D eigenvalue weighted by atomic mass is 10.1. The number of nitrogens with two attached hydrogens (primary N) is 1. The van der Waals surface area contributed by atoms with Gasteiger partial charge in [0.05, 0.1) is 6.54 Å². The Bertz CT molecular complexity index is 423. The van der Waals surface area contributed by atoms with Crippen molar-refractivity contribution >= 4 is 21.8 Å². The molecule has 5 heteroatoms. The monoisotopic (exact) mass is 327 g/mol. The second kappa shape index (κ2) is 7.62. The number of carbonyl (C=O) groups is 1. The maximum Gasteiger partial charge on any atom is 0.236 e. The van der Waals surface area contributed by atoms with E-state index in [1.165, 1.54) is 0 Å². The molecule has 1 rings (SSSR count). The largest absolute Gasteiger partial charge is 0.348 e. The summed E-state index contributed by atoms with van der Waals surface area (Å²) in [4.78, 5) is 15.6. The Balaban J connectivity index is 2.89. The van der Waals surface area contributed by atoms with Crippen molar-refractivity contribution in [2.45, 2.75) is 13.0 Å². The molecule has 19 heavy (non-hydrogen) atoms. The van der Waals surface area contributed by atoms with E-state index < -0.39 is 0 Å². The van der Waals surface area contributed by atoms with E-state index in [9.17, 15) is 4.79 Å². The summed E-state index contributed by atoms with van der Waals surface area (Å²) in [6.07, 6.45) is 0. The van der Waals surface area contributed by atoms with Crippen LogP contribution in [0.15, 0.2) is 28.7 Å². The number of hydrogen-bond acceptors (Lipinski definition) is 3. The number of nitrogens with zero attached hydrogens (tertiary/aromatic N) is 2. The molecule has 0 spiro atoms. The second-order valence-electron chi connectivity index (χ2n) is 4.66. The minimum absolute atomic E-state index is 0.0615. The van der Waals surface area contributed by atoms with Crippen LogP contribution >= 0.6 is 15.9 Å². The number of carbonyl (C=O) groups excluding carboxylic acids is 1. The summed E-state index contributed by atoms with van der Waals surface area (Å²) in [5.74, 6) is 0.0929. The molecule has 1 unspecified atom stereocenters. The summed E-state index contributed by atoms with van der Waals surface area (Å²) in [6.45, 7) is 3.71. The smallest absolute Gasteiger partial charge is 0.236 e. The van der Waals surface area contributed by atoms with Crippen LogP contribution in [-0.4, -0.2) is 49.4 Å². The first-order valence-electron chi connectivity index (χ1n) is 6.39. The zero-order valence-corrected chi connectivity index (χ0v) is 13.4. The van der Waals surface area contributed by atoms with Gasteiger partial charge in [0.25, 0.3) is 0 Å². The first kappa shape index (κ1) is 16.1. The Hall–Kier alpha value is -0.910. The van der Waals surface area contributed by atoms with Gasteiger partial charge < -0.3 is 10.6 Å². The molecule has 0 aliphatic rings. The van der Waals surface area contributed by atoms with Crippen LogP contribution in [-0.2, 0) is 4.79 Å². The molecule has 1 aromatic rings. The first-order chi connectivity index (χ1) is 8.99. The molecule has 0 bridgehead atoms. The van der Waals surface area contributed by atoms with E-state index in [1.54, 1.807) is 19.0 Å². The molecule has 0 fully saturated rings. The highest BCUT2D eigenvalue weighted by Crippen LogP contribution is 2.22. The Kier molecular flexibility index (Phi) is 6.48. The molecule has 1 atom stereocenters. The zero-order chi connectivity index (χ0) is 14.4. The van der Waals surface area contributed by atoms with Gasteiger partial charge in [-0.25, -0.2) is 0 Å². The third-order valence-corrected chi connectivity index (χ3v) is 3.63. The summed E-state index contributed by atoms with van der Waals surface area (Å²) in [7, 11) is 3.54. The molecule has 2 N–H and O–H groups in total. The quantitative estimate of drug-likeness (QED) is 0.867. The SMILES string of the molecule is CCN(CC(=O)N(C)C)C(CN)c1cccc(Br)c1. The number of benzene rings is 1. The molecule has 0 aliphatic carbocycles. The lowest BCUT2D eigenvalue weighted by Gasteiger charge is -2.30. The number of halogens is 1. The molecule has 0 aromatic heterocycles. The van der Waals surface area contributed by atoms with Gasteiger partial charge in [0.15, 0.2) is 0 Å². The highest BCUT2D eigenvalue weighted by atomic mass is 79.9. The molecule has 0 saturated heterocycles. The third kappa shape index (κ3) is 4.60. The van der Waals surface area contributed by atoms with Gasteiger partial charge in [-0.15, -0.1) is 0 Å². The average Bonchev–Trinajstić information content (AvgIpc) is 2.38. The Labute approximate surface area is 123 Å². The van der Waals surface area contributed by atoms with Gasteiger partial charge >= 0.3 is 0 Å². The molecule has 106 valence electrons. The summed E-state index contributed by atoms with van der Waals surface area (Å²) in [5.41, 5.74) is 7.03. The van der Waals surface area contributed by atoms with Crippen LogP contribution in [0.2, 0.25) is 0 Å². The van der Waals surface area contributed by atoms with Gasteiger partial charge in [-0.2, -0.15) is 0 Å². The van der Waals surface area contributed by atoms with Crippen molar-refractivity contribution in [3.8, 4) is 0 Å². The van der Waals surface area contributed by atoms with Crippen molar-refractivity contribution in [3.63, 3.8) is 0 Å². The van der Waals surface area contributed by atoms with E-state index in [4.69, 9.17) is 5.73 Å². The normalized spacial score (nSPS) is 12.5. The van der Waals surface area contributed by atoms with Crippen LogP contribution in [0.25, 0.3) is 0 Å². The van der Waals surface area contributed by atoms with Crippen LogP contribution in [0, 0.1) is 0 Å². The number of amides is 1. The average molecular weight is 328 g/mol. The van der Waals surface area contributed by atoms with Crippen molar-refractivity contribution in [3.05, 3.63) is 34.3 Å². The fourth-order valence-corrected chi connectivity index (χ4v) is 2.38. The Morgan fingerprint density at radius 1 is 1.42 bits per heavy atom. The van der Waals surface area contributed by atoms with Crippen LogP contribution in [0.1, 0.15) is 18.5 Å². The van der Waals surface area contributed by atoms with Gasteiger partial charge in [0.2, 0.25) is 5.91 Å². The first-order valence-corrected chi connectivity index (χ1v) is 7.18. The number of hydrogen-bond donors (Lipinski definition) is 1. The van der Waals surface area contributed by atoms with Crippen LogP contribution in [0.5, 0.6) is 0 Å². The van der Waals surface area contributed by atoms with Crippen molar-refractivity contribution in [1.29, 1.82) is 0 Å². The molecule has 1 amide bonds. The zero-order valence-electron chi connectivity index (χ0n) is 11.8. The lowest BCUT2D eigenvalue weighted by Crippen LogP contribution is -2.41. The van der Waals surface area contributed by atoms with Gasteiger partial charge in [0, 0.05) is 31.2 Å². The van der Waals surface area contributed by atoms with Crippen LogP contribution < -0.4 is 5.73 Å². The summed E-state index contributed by atoms with van der Waals surface area (Å²) in [6, 6.07) is 8.14. The molecule has 0 saturated carbocycles. The molecular weight excluding hydrogens is 306 g/mol. The van der Waals surface area contributed by atoms with Gasteiger partial charge in [-0.1, -0.05) is 35.0 Å². The minimum Gasteiger partial charge on any atom is -0.348 e. The minimum atomic E-state index is 0.0615. The molecule has 0 radical (unpaired) electrons. The second-order valence-corrected chi connectivity index (χ2v) is 5.57. The summed E-state index contributed by atoms with van der Waals surface area (Å²) >= 11 is 3.47. The predicted molar refractivity (Wildman–Crippen MR) is 81.9 cm³/mol. The standard InChI is InChI=1S/C14H22BrN3O/c1-4-18(10-14(19)17(2)3)13(9-16)11-6-5-7-12(15)8-11/h5-8,13H,4,9-10,16H2,1-3H3. The molecule has 4 nitrogen and oxygen atoms in total. The Morgan fingerprint density at radius 3 is 2.58 bits per heavy atom. The van der Waals surface area contributed by atoms with Crippen LogP contribution in [0.3, 0.4) is 0 Å². The van der Waals surface area contributed by atoms with Crippen molar-refractivity contribution in [2.24, 2.45) is 5.73 Å². The third-order valence-electron chi connectivity index (χ3n) is 3.14. The molecule has 0 aliphatic heterocycles. The maximum absolute atomic E-state index is 11.9. The molecule has 1 aromatic carbocycles. The van der Waals surface area contributed by atoms with E-state index in [-0.39, 0.29) is 11.9 Å². The number of rotatable bonds is 6. The summed E-state index contributed by atoms with van der Waals surface area (Å²) in [5, 5.41) is 0. The lowest BCUT2D eigenvalue weighted by molar-refractivity contribution is -0.130. The molecule has 0 heterocycles. The van der Waals surface area contributed by atoms with Gasteiger partial charge in [-0.3, -0.25) is 9.69 Å². The van der Waals surface area contributed by atoms with E-state index in [0.29, 0.717) is 13.1 Å². The van der Waals surface area contributed by atoms with Crippen molar-refractivity contribution < 1.29 is 4.79 Å². The van der Waals surface area contributed by atoms with Crippen molar-refractivity contribution in [1.82, 2.24) is 9.80 Å². The Morgan fingerprint density at radius 2 is 2.11 bits per heavy atom.